The van der Waals surface area contributed by atoms with Gasteiger partial charge in [-0.15, -0.1) is 0 Å². The van der Waals surface area contributed by atoms with Crippen LogP contribution in [0.3, 0.4) is 0 Å². The van der Waals surface area contributed by atoms with Gasteiger partial charge < -0.3 is 20.0 Å². The molecule has 0 aliphatic heterocycles. The molecule has 94 valence electrons. The first kappa shape index (κ1) is 17.9. The van der Waals surface area contributed by atoms with Crippen LogP contribution in [0.4, 0.5) is 0 Å². The van der Waals surface area contributed by atoms with Gasteiger partial charge in [0.2, 0.25) is 0 Å². The van der Waals surface area contributed by atoms with Gasteiger partial charge in [0.15, 0.2) is 6.29 Å². The van der Waals surface area contributed by atoms with Crippen LogP contribution in [0.1, 0.15) is 46.5 Å². The number of halogens is 1. The van der Waals surface area contributed by atoms with Crippen molar-refractivity contribution >= 4 is 19.0 Å². The molecule has 15 heavy (non-hydrogen) atoms. The summed E-state index contributed by atoms with van der Waals surface area (Å²) >= 11 is 4.45. The predicted octanol–water partition coefficient (Wildman–Crippen LogP) is 2.34. The molecule has 0 saturated heterocycles. The summed E-state index contributed by atoms with van der Waals surface area (Å²) in [7, 11) is -2.15. The van der Waals surface area contributed by atoms with E-state index in [0.717, 1.165) is 25.7 Å². The van der Waals surface area contributed by atoms with E-state index < -0.39 is 14.0 Å². The normalized spacial score (nSPS) is 14.8. The second-order valence-electron chi connectivity index (χ2n) is 3.73. The molecule has 4 N–H and O–H groups in total. The Labute approximate surface area is 97.6 Å². The second kappa shape index (κ2) is 9.76. The summed E-state index contributed by atoms with van der Waals surface area (Å²) in [5, 5.41) is 18.1. The molecule has 0 saturated carbocycles. The highest BCUT2D eigenvalue weighted by atomic mass is 35.7. The van der Waals surface area contributed by atoms with Crippen molar-refractivity contribution in [3.05, 3.63) is 0 Å². The number of aliphatic hydroxyl groups excluding tert-OH is 1. The Balaban J connectivity index is 0. The lowest BCUT2D eigenvalue weighted by atomic mass is 9.82. The Morgan fingerprint density at radius 3 is 1.87 bits per heavy atom. The molecule has 0 aliphatic carbocycles. The largest absolute Gasteiger partial charge is 0.368 e. The molecule has 0 fully saturated rings. The van der Waals surface area contributed by atoms with E-state index >= 15 is 0 Å². The van der Waals surface area contributed by atoms with Crippen molar-refractivity contribution in [2.75, 3.05) is 0 Å². The third-order valence-electron chi connectivity index (χ3n) is 2.53. The van der Waals surface area contributed by atoms with Crippen molar-refractivity contribution in [2.45, 2.75) is 52.7 Å². The molecule has 0 amide bonds. The average molecular weight is 261 g/mol. The van der Waals surface area contributed by atoms with E-state index in [1.54, 1.807) is 0 Å². The molecule has 1 atom stereocenters. The topological polar surface area (TPSA) is 80.9 Å². The quantitative estimate of drug-likeness (QED) is 0.452. The van der Waals surface area contributed by atoms with Gasteiger partial charge in [0.1, 0.15) is 0 Å². The van der Waals surface area contributed by atoms with E-state index in [1.807, 2.05) is 13.8 Å². The molecular formula is C9H22ClO4P. The van der Waals surface area contributed by atoms with Crippen LogP contribution in [0.25, 0.3) is 0 Å². The Morgan fingerprint density at radius 1 is 1.27 bits per heavy atom. The maximum absolute atomic E-state index is 9.05. The molecular weight excluding hydrogens is 239 g/mol. The Kier molecular flexibility index (Phi) is 11.7. The third kappa shape index (κ3) is 10.8. The second-order valence-corrected chi connectivity index (χ2v) is 5.11. The van der Waals surface area contributed by atoms with Gasteiger partial charge in [0.25, 0.3) is 7.73 Å². The molecule has 6 heteroatoms. The summed E-state index contributed by atoms with van der Waals surface area (Å²) in [4.78, 5) is 14.9. The van der Waals surface area contributed by atoms with Crippen LogP contribution >= 0.6 is 19.0 Å². The number of unbranched alkanes of at least 4 members (excludes halogenated alkanes) is 1. The molecule has 0 aromatic carbocycles. The SMILES string of the molecule is CCCCC(C)(CC)C(O)O.OP(O)Cl. The first-order valence-corrected chi connectivity index (χ1v) is 7.15. The van der Waals surface area contributed by atoms with Crippen molar-refractivity contribution in [1.82, 2.24) is 0 Å². The average Bonchev–Trinajstić information content (AvgIpc) is 2.13. The van der Waals surface area contributed by atoms with Gasteiger partial charge in [-0.2, -0.15) is 0 Å². The van der Waals surface area contributed by atoms with Crippen LogP contribution < -0.4 is 0 Å². The van der Waals surface area contributed by atoms with Crippen LogP contribution in [0.5, 0.6) is 0 Å². The molecule has 0 heterocycles. The lowest BCUT2D eigenvalue weighted by molar-refractivity contribution is -0.133. The van der Waals surface area contributed by atoms with E-state index in [4.69, 9.17) is 20.0 Å². The molecule has 0 radical (unpaired) electrons. The highest BCUT2D eigenvalue weighted by Gasteiger charge is 2.28. The van der Waals surface area contributed by atoms with Crippen molar-refractivity contribution < 1.29 is 20.0 Å². The zero-order valence-electron chi connectivity index (χ0n) is 9.52. The van der Waals surface area contributed by atoms with E-state index in [0.29, 0.717) is 0 Å². The monoisotopic (exact) mass is 260 g/mol. The lowest BCUT2D eigenvalue weighted by Gasteiger charge is -2.29. The maximum Gasteiger partial charge on any atom is 0.271 e. The molecule has 0 bridgehead atoms. The summed E-state index contributed by atoms with van der Waals surface area (Å²) in [5.74, 6) is 0. The summed E-state index contributed by atoms with van der Waals surface area (Å²) in [5.41, 5.74) is -0.296. The number of hydrogen-bond donors (Lipinski definition) is 4. The standard InChI is InChI=1S/C9H20O2.ClH2O2P/c1-4-6-7-9(3,5-2)8(10)11;1-4(2)3/h8,10-11H,4-7H2,1-3H3;2-3H. The Morgan fingerprint density at radius 2 is 1.67 bits per heavy atom. The van der Waals surface area contributed by atoms with Gasteiger partial charge >= 0.3 is 0 Å². The number of rotatable bonds is 5. The fourth-order valence-corrected chi connectivity index (χ4v) is 1.07. The fourth-order valence-electron chi connectivity index (χ4n) is 1.07. The van der Waals surface area contributed by atoms with E-state index in [2.05, 4.69) is 18.2 Å². The van der Waals surface area contributed by atoms with E-state index in [-0.39, 0.29) is 5.41 Å². The number of hydrogen-bond acceptors (Lipinski definition) is 4. The molecule has 0 spiro atoms. The fraction of sp³-hybridized carbons (Fsp3) is 1.00. The molecule has 1 unspecified atom stereocenters. The summed E-state index contributed by atoms with van der Waals surface area (Å²) in [6.45, 7) is 6.03. The Bertz CT molecular complexity index is 143. The van der Waals surface area contributed by atoms with Crippen LogP contribution in [0, 0.1) is 5.41 Å². The smallest absolute Gasteiger partial charge is 0.271 e. The van der Waals surface area contributed by atoms with Gasteiger partial charge in [-0.25, -0.2) is 0 Å². The summed E-state index contributed by atoms with van der Waals surface area (Å²) in [6.07, 6.45) is 2.74. The van der Waals surface area contributed by atoms with E-state index in [1.165, 1.54) is 0 Å². The first-order valence-electron chi connectivity index (χ1n) is 5.00. The number of aliphatic hydroxyl groups is 2. The molecule has 0 rings (SSSR count). The highest BCUT2D eigenvalue weighted by Crippen LogP contribution is 2.30. The molecule has 0 aliphatic rings. The minimum atomic E-state index is -2.15. The zero-order chi connectivity index (χ0) is 12.5. The lowest BCUT2D eigenvalue weighted by Crippen LogP contribution is -2.31. The van der Waals surface area contributed by atoms with Crippen molar-refractivity contribution in [3.63, 3.8) is 0 Å². The maximum atomic E-state index is 9.05. The molecule has 0 aromatic rings. The van der Waals surface area contributed by atoms with E-state index in [9.17, 15) is 0 Å². The first-order chi connectivity index (χ1) is 6.80. The molecule has 4 nitrogen and oxygen atoms in total. The predicted molar refractivity (Wildman–Crippen MR) is 63.4 cm³/mol. The third-order valence-corrected chi connectivity index (χ3v) is 2.53. The minimum Gasteiger partial charge on any atom is -0.368 e. The molecule has 0 aromatic heterocycles. The summed E-state index contributed by atoms with van der Waals surface area (Å²) in [6, 6.07) is 0. The van der Waals surface area contributed by atoms with Gasteiger partial charge in [-0.1, -0.05) is 33.6 Å². The van der Waals surface area contributed by atoms with Gasteiger partial charge in [0.05, 0.1) is 0 Å². The van der Waals surface area contributed by atoms with Gasteiger partial charge in [0, 0.05) is 5.41 Å². The van der Waals surface area contributed by atoms with Crippen molar-refractivity contribution in [1.29, 1.82) is 0 Å². The van der Waals surface area contributed by atoms with Crippen molar-refractivity contribution in [3.8, 4) is 0 Å². The van der Waals surface area contributed by atoms with Crippen LogP contribution in [-0.2, 0) is 0 Å². The van der Waals surface area contributed by atoms with Crippen molar-refractivity contribution in [2.24, 2.45) is 5.41 Å². The highest BCUT2D eigenvalue weighted by molar-refractivity contribution is 7.74. The summed E-state index contributed by atoms with van der Waals surface area (Å²) < 4.78 is 0. The van der Waals surface area contributed by atoms with Crippen LogP contribution in [-0.4, -0.2) is 26.3 Å². The zero-order valence-corrected chi connectivity index (χ0v) is 11.2. The van der Waals surface area contributed by atoms with Gasteiger partial charge in [-0.05, 0) is 24.1 Å². The minimum absolute atomic E-state index is 0.296. The van der Waals surface area contributed by atoms with Crippen LogP contribution in [0.15, 0.2) is 0 Å². The van der Waals surface area contributed by atoms with Gasteiger partial charge in [-0.3, -0.25) is 0 Å². The van der Waals surface area contributed by atoms with Crippen LogP contribution in [0.2, 0.25) is 0 Å². The Hall–Kier alpha value is 0.560.